The Bertz CT molecular complexity index is 1910. The molecule has 5 aromatic rings. The number of hydrogen-bond donors (Lipinski definition) is 2. The van der Waals surface area contributed by atoms with Crippen molar-refractivity contribution >= 4 is 34.3 Å². The molecule has 4 heterocycles. The van der Waals surface area contributed by atoms with Crippen molar-refractivity contribution in [1.29, 1.82) is 0 Å². The van der Waals surface area contributed by atoms with Crippen molar-refractivity contribution in [2.45, 2.75) is 77.3 Å². The third kappa shape index (κ3) is 6.50. The van der Waals surface area contributed by atoms with Gasteiger partial charge in [-0.3, -0.25) is 15.1 Å². The molecular formula is C39H42N6O2. The average molecular weight is 627 g/mol. The maximum absolute atomic E-state index is 13.6. The average Bonchev–Trinajstić information content (AvgIpc) is 3.60. The van der Waals surface area contributed by atoms with Gasteiger partial charge in [0.15, 0.2) is 0 Å². The van der Waals surface area contributed by atoms with Crippen molar-refractivity contribution in [2.24, 2.45) is 5.92 Å². The molecule has 0 saturated carbocycles. The molecule has 8 heteroatoms. The molecule has 2 unspecified atom stereocenters. The standard InChI is InChI=1S/C39H42N6O2/c1-25-7-14-31(15-8-25)45-36(24-35(43-45)39(2,3)4)42-38(47)41-30-12-9-26(10-13-30)20-27-21-32-16-17-33(22-27)44(32)37(46)29-11-18-34-28(23-29)6-5-19-40-34/h5-15,18-19,23-24,27,32-33H,16-17,20-22H2,1-4H3,(H2,41,42,47). The molecule has 2 aromatic heterocycles. The van der Waals surface area contributed by atoms with Crippen LogP contribution in [0.4, 0.5) is 16.3 Å². The molecule has 0 spiro atoms. The zero-order chi connectivity index (χ0) is 32.7. The molecule has 7 rings (SSSR count). The summed E-state index contributed by atoms with van der Waals surface area (Å²) in [6, 6.07) is 28.2. The second-order valence-electron chi connectivity index (χ2n) is 14.2. The summed E-state index contributed by atoms with van der Waals surface area (Å²) in [6.45, 7) is 8.38. The molecule has 2 fully saturated rings. The summed E-state index contributed by atoms with van der Waals surface area (Å²) >= 11 is 0. The molecule has 2 aliphatic rings. The number of nitrogens with zero attached hydrogens (tertiary/aromatic N) is 4. The third-order valence-electron chi connectivity index (χ3n) is 9.65. The molecule has 47 heavy (non-hydrogen) atoms. The highest BCUT2D eigenvalue weighted by molar-refractivity contribution is 6.00. The number of benzene rings is 3. The summed E-state index contributed by atoms with van der Waals surface area (Å²) in [7, 11) is 0. The fourth-order valence-electron chi connectivity index (χ4n) is 7.20. The Labute approximate surface area is 276 Å². The smallest absolute Gasteiger partial charge is 0.324 e. The highest BCUT2D eigenvalue weighted by atomic mass is 16.2. The van der Waals surface area contributed by atoms with Crippen LogP contribution in [0.2, 0.25) is 0 Å². The van der Waals surface area contributed by atoms with Crippen molar-refractivity contribution < 1.29 is 9.59 Å². The maximum Gasteiger partial charge on any atom is 0.324 e. The normalized spacial score (nSPS) is 19.1. The van der Waals surface area contributed by atoms with Gasteiger partial charge in [-0.1, -0.05) is 56.7 Å². The first-order valence-electron chi connectivity index (χ1n) is 16.6. The Balaban J connectivity index is 0.971. The summed E-state index contributed by atoms with van der Waals surface area (Å²) in [5.41, 5.74) is 6.42. The number of hydrogen-bond acceptors (Lipinski definition) is 4. The second kappa shape index (κ2) is 12.3. The lowest BCUT2D eigenvalue weighted by Gasteiger charge is -2.39. The Morgan fingerprint density at radius 2 is 1.60 bits per heavy atom. The number of aryl methyl sites for hydroxylation is 1. The molecule has 8 nitrogen and oxygen atoms in total. The first kappa shape index (κ1) is 30.7. The van der Waals surface area contributed by atoms with Gasteiger partial charge < -0.3 is 10.2 Å². The summed E-state index contributed by atoms with van der Waals surface area (Å²) in [6.07, 6.45) is 6.92. The lowest BCUT2D eigenvalue weighted by atomic mass is 9.85. The van der Waals surface area contributed by atoms with Crippen molar-refractivity contribution in [2.75, 3.05) is 10.6 Å². The van der Waals surface area contributed by atoms with Crippen LogP contribution in [-0.4, -0.2) is 43.7 Å². The van der Waals surface area contributed by atoms with Crippen LogP contribution < -0.4 is 10.6 Å². The highest BCUT2D eigenvalue weighted by Crippen LogP contribution is 2.41. The highest BCUT2D eigenvalue weighted by Gasteiger charge is 2.43. The fourth-order valence-corrected chi connectivity index (χ4v) is 7.20. The van der Waals surface area contributed by atoms with Gasteiger partial charge in [0.25, 0.3) is 5.91 Å². The monoisotopic (exact) mass is 626 g/mol. The van der Waals surface area contributed by atoms with Gasteiger partial charge in [-0.15, -0.1) is 0 Å². The number of fused-ring (bicyclic) bond motifs is 3. The largest absolute Gasteiger partial charge is 0.333 e. The van der Waals surface area contributed by atoms with Crippen LogP contribution in [-0.2, 0) is 11.8 Å². The lowest BCUT2D eigenvalue weighted by molar-refractivity contribution is 0.0524. The minimum atomic E-state index is -0.317. The van der Waals surface area contributed by atoms with Crippen molar-refractivity contribution in [3.63, 3.8) is 0 Å². The van der Waals surface area contributed by atoms with Crippen molar-refractivity contribution in [3.05, 3.63) is 114 Å². The fraction of sp³-hybridized carbons (Fsp3) is 0.333. The summed E-state index contributed by atoms with van der Waals surface area (Å²) in [4.78, 5) is 33.3. The molecule has 240 valence electrons. The van der Waals surface area contributed by atoms with Crippen LogP contribution in [0, 0.1) is 12.8 Å². The molecular weight excluding hydrogens is 584 g/mol. The molecule has 2 saturated heterocycles. The summed E-state index contributed by atoms with van der Waals surface area (Å²) < 4.78 is 1.79. The number of pyridine rings is 1. The van der Waals surface area contributed by atoms with E-state index in [9.17, 15) is 9.59 Å². The summed E-state index contributed by atoms with van der Waals surface area (Å²) in [5, 5.41) is 11.8. The molecule has 3 aromatic carbocycles. The van der Waals surface area contributed by atoms with Gasteiger partial charge in [-0.2, -0.15) is 5.10 Å². The summed E-state index contributed by atoms with van der Waals surface area (Å²) in [5.74, 6) is 1.29. The molecule has 0 aliphatic carbocycles. The third-order valence-corrected chi connectivity index (χ3v) is 9.65. The minimum absolute atomic E-state index is 0.145. The van der Waals surface area contributed by atoms with E-state index in [2.05, 4.69) is 53.4 Å². The first-order valence-corrected chi connectivity index (χ1v) is 16.6. The molecule has 2 atom stereocenters. The van der Waals surface area contributed by atoms with Crippen LogP contribution >= 0.6 is 0 Å². The number of anilines is 2. The molecule has 0 radical (unpaired) electrons. The van der Waals surface area contributed by atoms with Crippen LogP contribution in [0.1, 0.15) is 73.6 Å². The minimum Gasteiger partial charge on any atom is -0.333 e. The Kier molecular flexibility index (Phi) is 8.04. The zero-order valence-electron chi connectivity index (χ0n) is 27.5. The molecule has 2 aliphatic heterocycles. The number of rotatable bonds is 6. The van der Waals surface area contributed by atoms with E-state index in [1.165, 1.54) is 5.56 Å². The lowest BCUT2D eigenvalue weighted by Crippen LogP contribution is -2.46. The topological polar surface area (TPSA) is 92.2 Å². The van der Waals surface area contributed by atoms with Crippen LogP contribution in [0.3, 0.4) is 0 Å². The van der Waals surface area contributed by atoms with Gasteiger partial charge in [0, 0.05) is 46.4 Å². The predicted molar refractivity (Wildman–Crippen MR) is 187 cm³/mol. The predicted octanol–water partition coefficient (Wildman–Crippen LogP) is 8.30. The van der Waals surface area contributed by atoms with E-state index in [4.69, 9.17) is 5.10 Å². The number of carbonyl (C=O) groups excluding carboxylic acids is 2. The van der Waals surface area contributed by atoms with E-state index in [0.29, 0.717) is 11.7 Å². The van der Waals surface area contributed by atoms with Gasteiger partial charge >= 0.3 is 6.03 Å². The van der Waals surface area contributed by atoms with Gasteiger partial charge in [0.05, 0.1) is 16.9 Å². The second-order valence-corrected chi connectivity index (χ2v) is 14.2. The van der Waals surface area contributed by atoms with E-state index in [0.717, 1.165) is 71.2 Å². The Morgan fingerprint density at radius 3 is 2.30 bits per heavy atom. The van der Waals surface area contributed by atoms with Gasteiger partial charge in [0.2, 0.25) is 0 Å². The quantitative estimate of drug-likeness (QED) is 0.198. The van der Waals surface area contributed by atoms with Gasteiger partial charge in [-0.25, -0.2) is 9.48 Å². The van der Waals surface area contributed by atoms with Crippen molar-refractivity contribution in [1.82, 2.24) is 19.7 Å². The van der Waals surface area contributed by atoms with E-state index < -0.39 is 0 Å². The number of nitrogens with one attached hydrogen (secondary N) is 2. The number of carbonyl (C=O) groups is 2. The van der Waals surface area contributed by atoms with Crippen LogP contribution in [0.5, 0.6) is 0 Å². The van der Waals surface area contributed by atoms with E-state index >= 15 is 0 Å². The molecule has 2 N–H and O–H groups in total. The number of amides is 3. The van der Waals surface area contributed by atoms with E-state index in [-0.39, 0.29) is 29.4 Å². The molecule has 3 amide bonds. The number of aromatic nitrogens is 3. The Morgan fingerprint density at radius 1 is 0.872 bits per heavy atom. The SMILES string of the molecule is Cc1ccc(-n2nc(C(C)(C)C)cc2NC(=O)Nc2ccc(CC3CC4CCC(C3)N4C(=O)c3ccc4ncccc4c3)cc2)cc1. The first-order chi connectivity index (χ1) is 22.6. The van der Waals surface area contributed by atoms with E-state index in [1.807, 2.05) is 79.7 Å². The number of urea groups is 1. The van der Waals surface area contributed by atoms with Crippen molar-refractivity contribution in [3.8, 4) is 5.69 Å². The Hall–Kier alpha value is -4.98. The van der Waals surface area contributed by atoms with Gasteiger partial charge in [-0.05, 0) is 99.0 Å². The molecule has 2 bridgehead atoms. The maximum atomic E-state index is 13.6. The van der Waals surface area contributed by atoms with Crippen LogP contribution in [0.25, 0.3) is 16.6 Å². The van der Waals surface area contributed by atoms with E-state index in [1.54, 1.807) is 10.9 Å². The number of piperidine rings is 1. The van der Waals surface area contributed by atoms with Gasteiger partial charge in [0.1, 0.15) is 5.82 Å². The van der Waals surface area contributed by atoms with Crippen LogP contribution in [0.15, 0.2) is 91.1 Å². The zero-order valence-corrected chi connectivity index (χ0v) is 27.5.